The molecule has 2 amide bonds. The van der Waals surface area contributed by atoms with Gasteiger partial charge in [-0.15, -0.1) is 0 Å². The van der Waals surface area contributed by atoms with Gasteiger partial charge in [0.1, 0.15) is 0 Å². The lowest BCUT2D eigenvalue weighted by Crippen LogP contribution is -2.52. The van der Waals surface area contributed by atoms with E-state index in [-0.39, 0.29) is 24.5 Å². The van der Waals surface area contributed by atoms with Crippen LogP contribution in [-0.2, 0) is 15.6 Å². The van der Waals surface area contributed by atoms with E-state index in [4.69, 9.17) is 5.11 Å². The van der Waals surface area contributed by atoms with Crippen LogP contribution in [-0.4, -0.2) is 56.3 Å². The van der Waals surface area contributed by atoms with Crippen LogP contribution in [0.2, 0.25) is 0 Å². The van der Waals surface area contributed by atoms with Crippen LogP contribution in [0.5, 0.6) is 0 Å². The molecule has 0 spiro atoms. The molecular weight excluding hydrogens is 292 g/mol. The lowest BCUT2D eigenvalue weighted by molar-refractivity contribution is -0.137. The molecule has 2 rings (SSSR count). The SMILES string of the molecule is O=C(O)CCC1CCCCN1C(=O)NC1CCS(=O)CC1. The molecule has 2 N–H and O–H groups in total. The smallest absolute Gasteiger partial charge is 0.317 e. The fourth-order valence-electron chi connectivity index (χ4n) is 3.05. The monoisotopic (exact) mass is 316 g/mol. The third-order valence-electron chi connectivity index (χ3n) is 4.29. The molecule has 0 bridgehead atoms. The van der Waals surface area contributed by atoms with Gasteiger partial charge < -0.3 is 15.3 Å². The van der Waals surface area contributed by atoms with E-state index in [1.54, 1.807) is 4.90 Å². The first kappa shape index (κ1) is 16.3. The summed E-state index contributed by atoms with van der Waals surface area (Å²) in [6.45, 7) is 0.703. The standard InChI is InChI=1S/C14H24N2O4S/c17-13(18)5-4-12-3-1-2-8-16(12)14(19)15-11-6-9-21(20)10-7-11/h11-12H,1-10H2,(H,15,19)(H,17,18). The maximum Gasteiger partial charge on any atom is 0.317 e. The first-order valence-electron chi connectivity index (χ1n) is 7.70. The Bertz CT molecular complexity index is 406. The molecule has 0 aliphatic carbocycles. The molecule has 21 heavy (non-hydrogen) atoms. The molecule has 0 aromatic carbocycles. The lowest BCUT2D eigenvalue weighted by Gasteiger charge is -2.37. The topological polar surface area (TPSA) is 86.7 Å². The van der Waals surface area contributed by atoms with Crippen LogP contribution in [0, 0.1) is 0 Å². The average molecular weight is 316 g/mol. The van der Waals surface area contributed by atoms with Crippen molar-refractivity contribution in [3.63, 3.8) is 0 Å². The molecule has 2 aliphatic rings. The number of urea groups is 1. The van der Waals surface area contributed by atoms with Gasteiger partial charge in [0.15, 0.2) is 0 Å². The maximum absolute atomic E-state index is 12.4. The number of piperidine rings is 1. The molecule has 0 aromatic rings. The molecule has 120 valence electrons. The summed E-state index contributed by atoms with van der Waals surface area (Å²) in [4.78, 5) is 24.9. The van der Waals surface area contributed by atoms with Crippen molar-refractivity contribution in [2.45, 2.75) is 57.0 Å². The van der Waals surface area contributed by atoms with Gasteiger partial charge in [0, 0.05) is 47.4 Å². The van der Waals surface area contributed by atoms with Gasteiger partial charge in [0.05, 0.1) is 0 Å². The number of carbonyl (C=O) groups is 2. The lowest BCUT2D eigenvalue weighted by atomic mass is 9.98. The third kappa shape index (κ3) is 4.98. The predicted molar refractivity (Wildman–Crippen MR) is 80.6 cm³/mol. The molecule has 0 aromatic heterocycles. The van der Waals surface area contributed by atoms with Crippen LogP contribution in [0.1, 0.15) is 44.9 Å². The second kappa shape index (κ2) is 7.77. The number of carboxylic acid groups (broad SMARTS) is 1. The van der Waals surface area contributed by atoms with Crippen molar-refractivity contribution in [3.8, 4) is 0 Å². The fourth-order valence-corrected chi connectivity index (χ4v) is 4.35. The van der Waals surface area contributed by atoms with Crippen molar-refractivity contribution in [1.82, 2.24) is 10.2 Å². The number of amides is 2. The Morgan fingerprint density at radius 3 is 2.57 bits per heavy atom. The van der Waals surface area contributed by atoms with Crippen LogP contribution < -0.4 is 5.32 Å². The van der Waals surface area contributed by atoms with Crippen molar-refractivity contribution in [2.24, 2.45) is 0 Å². The van der Waals surface area contributed by atoms with Gasteiger partial charge in [-0.1, -0.05) is 0 Å². The number of hydrogen-bond acceptors (Lipinski definition) is 3. The zero-order valence-corrected chi connectivity index (χ0v) is 13.1. The first-order chi connectivity index (χ1) is 10.1. The third-order valence-corrected chi connectivity index (χ3v) is 5.68. The fraction of sp³-hybridized carbons (Fsp3) is 0.857. The van der Waals surface area contributed by atoms with Crippen molar-refractivity contribution in [1.29, 1.82) is 0 Å². The number of nitrogens with one attached hydrogen (secondary N) is 1. The number of nitrogens with zero attached hydrogens (tertiary/aromatic N) is 1. The Kier molecular flexibility index (Phi) is 6.02. The van der Waals surface area contributed by atoms with Gasteiger partial charge in [-0.05, 0) is 38.5 Å². The number of aliphatic carboxylic acids is 1. The molecule has 0 saturated carbocycles. The summed E-state index contributed by atoms with van der Waals surface area (Å²) in [5.41, 5.74) is 0. The number of carboxylic acids is 1. The summed E-state index contributed by atoms with van der Waals surface area (Å²) in [5, 5.41) is 11.8. The summed E-state index contributed by atoms with van der Waals surface area (Å²) in [6.07, 6.45) is 5.09. The number of carbonyl (C=O) groups excluding carboxylic acids is 1. The van der Waals surface area contributed by atoms with Crippen LogP contribution in [0.3, 0.4) is 0 Å². The molecule has 2 fully saturated rings. The van der Waals surface area contributed by atoms with Gasteiger partial charge in [0.25, 0.3) is 0 Å². The average Bonchev–Trinajstić information content (AvgIpc) is 2.47. The normalized spacial score (nSPS) is 29.9. The quantitative estimate of drug-likeness (QED) is 0.819. The van der Waals surface area contributed by atoms with E-state index in [1.807, 2.05) is 0 Å². The highest BCUT2D eigenvalue weighted by Crippen LogP contribution is 2.21. The Balaban J connectivity index is 1.85. The van der Waals surface area contributed by atoms with E-state index >= 15 is 0 Å². The summed E-state index contributed by atoms with van der Waals surface area (Å²) >= 11 is 0. The number of hydrogen-bond donors (Lipinski definition) is 2. The highest BCUT2D eigenvalue weighted by Gasteiger charge is 2.29. The summed E-state index contributed by atoms with van der Waals surface area (Å²) in [5.74, 6) is 0.511. The van der Waals surface area contributed by atoms with Gasteiger partial charge in [-0.25, -0.2) is 4.79 Å². The molecule has 2 aliphatic heterocycles. The van der Waals surface area contributed by atoms with E-state index in [9.17, 15) is 13.8 Å². The Labute approximate surface area is 127 Å². The molecule has 2 saturated heterocycles. The van der Waals surface area contributed by atoms with Gasteiger partial charge in [-0.3, -0.25) is 9.00 Å². The number of rotatable bonds is 4. The Hall–Kier alpha value is -1.11. The highest BCUT2D eigenvalue weighted by molar-refractivity contribution is 7.85. The van der Waals surface area contributed by atoms with Crippen LogP contribution in [0.4, 0.5) is 4.79 Å². The minimum absolute atomic E-state index is 0.0348. The number of likely N-dealkylation sites (tertiary alicyclic amines) is 1. The van der Waals surface area contributed by atoms with E-state index in [1.165, 1.54) is 0 Å². The summed E-state index contributed by atoms with van der Waals surface area (Å²) in [6, 6.07) is 0.0626. The van der Waals surface area contributed by atoms with Crippen molar-refractivity contribution in [3.05, 3.63) is 0 Å². The molecule has 1 atom stereocenters. The Morgan fingerprint density at radius 2 is 1.90 bits per heavy atom. The second-order valence-corrected chi connectivity index (χ2v) is 7.54. The molecule has 7 heteroatoms. The maximum atomic E-state index is 12.4. The van der Waals surface area contributed by atoms with E-state index in [0.29, 0.717) is 24.5 Å². The molecule has 0 radical (unpaired) electrons. The zero-order valence-electron chi connectivity index (χ0n) is 12.3. The largest absolute Gasteiger partial charge is 0.481 e. The van der Waals surface area contributed by atoms with Gasteiger partial charge >= 0.3 is 12.0 Å². The molecule has 2 heterocycles. The summed E-state index contributed by atoms with van der Waals surface area (Å²) < 4.78 is 11.3. The van der Waals surface area contributed by atoms with Gasteiger partial charge in [-0.2, -0.15) is 0 Å². The van der Waals surface area contributed by atoms with Crippen molar-refractivity contribution >= 4 is 22.8 Å². The minimum atomic E-state index is -0.810. The first-order valence-corrected chi connectivity index (χ1v) is 9.19. The Morgan fingerprint density at radius 1 is 1.19 bits per heavy atom. The summed E-state index contributed by atoms with van der Waals surface area (Å²) in [7, 11) is -0.726. The van der Waals surface area contributed by atoms with Crippen LogP contribution >= 0.6 is 0 Å². The predicted octanol–water partition coefficient (Wildman–Crippen LogP) is 1.33. The molecule has 1 unspecified atom stereocenters. The van der Waals surface area contributed by atoms with E-state index < -0.39 is 16.8 Å². The second-order valence-electron chi connectivity index (χ2n) is 5.85. The molecular formula is C14H24N2O4S. The van der Waals surface area contributed by atoms with Crippen molar-refractivity contribution < 1.29 is 18.9 Å². The minimum Gasteiger partial charge on any atom is -0.481 e. The van der Waals surface area contributed by atoms with Crippen molar-refractivity contribution in [2.75, 3.05) is 18.1 Å². The van der Waals surface area contributed by atoms with E-state index in [0.717, 1.165) is 32.1 Å². The molecule has 6 nitrogen and oxygen atoms in total. The van der Waals surface area contributed by atoms with Crippen LogP contribution in [0.25, 0.3) is 0 Å². The zero-order chi connectivity index (χ0) is 15.2. The van der Waals surface area contributed by atoms with Crippen LogP contribution in [0.15, 0.2) is 0 Å². The highest BCUT2D eigenvalue weighted by atomic mass is 32.2. The van der Waals surface area contributed by atoms with Gasteiger partial charge in [0.2, 0.25) is 0 Å². The van der Waals surface area contributed by atoms with E-state index in [2.05, 4.69) is 5.32 Å².